The van der Waals surface area contributed by atoms with Gasteiger partial charge >= 0.3 is 6.71 Å². The first-order valence-corrected chi connectivity index (χ1v) is 19.7. The van der Waals surface area contributed by atoms with Crippen molar-refractivity contribution in [2.24, 2.45) is 0 Å². The molecular weight excluding hydrogens is 709 g/mol. The van der Waals surface area contributed by atoms with E-state index in [2.05, 4.69) is 215 Å². The molecule has 0 saturated heterocycles. The molecule has 0 radical (unpaired) electrons. The van der Waals surface area contributed by atoms with E-state index in [1.54, 1.807) is 0 Å². The quantitative estimate of drug-likeness (QED) is 0.159. The normalized spacial score (nSPS) is 12.7. The summed E-state index contributed by atoms with van der Waals surface area (Å²) in [5.74, 6) is 0.806. The lowest BCUT2D eigenvalue weighted by molar-refractivity contribution is 0.622. The molecule has 0 aliphatic carbocycles. The number of nitrogens with zero attached hydrogens (tertiary/aromatic N) is 3. The van der Waals surface area contributed by atoms with Gasteiger partial charge in [0.2, 0.25) is 5.88 Å². The molecule has 0 saturated carbocycles. The summed E-state index contributed by atoms with van der Waals surface area (Å²) < 4.78 is 14.2. The van der Waals surface area contributed by atoms with Crippen molar-refractivity contribution in [1.29, 1.82) is 0 Å². The molecule has 2 aliphatic heterocycles. The first kappa shape index (κ1) is 32.5. The molecule has 272 valence electrons. The van der Waals surface area contributed by atoms with Crippen molar-refractivity contribution in [3.05, 3.63) is 206 Å². The van der Waals surface area contributed by atoms with Crippen LogP contribution in [0.2, 0.25) is 0 Å². The van der Waals surface area contributed by atoms with E-state index in [0.29, 0.717) is 0 Å². The van der Waals surface area contributed by atoms with Gasteiger partial charge in [-0.2, -0.15) is 0 Å². The molecule has 2 aliphatic rings. The topological polar surface area (TPSA) is 36.0 Å². The zero-order chi connectivity index (χ0) is 38.2. The van der Waals surface area contributed by atoms with Crippen LogP contribution in [0.15, 0.2) is 215 Å². The van der Waals surface area contributed by atoms with Crippen LogP contribution >= 0.6 is 0 Å². The Balaban J connectivity index is 1.14. The van der Waals surface area contributed by atoms with Crippen LogP contribution in [0.25, 0.3) is 33.1 Å². The molecule has 0 unspecified atom stereocenters. The van der Waals surface area contributed by atoms with Gasteiger partial charge in [0.25, 0.3) is 0 Å². The van der Waals surface area contributed by atoms with Gasteiger partial charge in [-0.1, -0.05) is 121 Å². The van der Waals surface area contributed by atoms with Crippen molar-refractivity contribution in [2.45, 2.75) is 0 Å². The van der Waals surface area contributed by atoms with Crippen molar-refractivity contribution in [2.75, 3.05) is 14.7 Å². The fourth-order valence-corrected chi connectivity index (χ4v) is 9.18. The van der Waals surface area contributed by atoms with Crippen molar-refractivity contribution in [3.8, 4) is 11.1 Å². The van der Waals surface area contributed by atoms with E-state index in [1.165, 1.54) is 11.0 Å². The Bertz CT molecular complexity index is 3100. The number of rotatable bonds is 6. The summed E-state index contributed by atoms with van der Waals surface area (Å²) in [4.78, 5) is 7.02. The van der Waals surface area contributed by atoms with Crippen LogP contribution in [-0.4, -0.2) is 6.71 Å². The van der Waals surface area contributed by atoms with Gasteiger partial charge in [0.1, 0.15) is 11.2 Å². The highest BCUT2D eigenvalue weighted by Gasteiger charge is 2.49. The molecule has 0 atom stereocenters. The molecule has 12 rings (SSSR count). The van der Waals surface area contributed by atoms with E-state index in [-0.39, 0.29) is 6.71 Å². The molecule has 0 fully saturated rings. The number of anilines is 9. The molecule has 4 heterocycles. The van der Waals surface area contributed by atoms with Gasteiger partial charge in [0.05, 0.1) is 11.3 Å². The number of fused-ring (bicyclic) bond motifs is 8. The van der Waals surface area contributed by atoms with Gasteiger partial charge in [-0.3, -0.25) is 4.90 Å². The zero-order valence-corrected chi connectivity index (χ0v) is 31.4. The minimum atomic E-state index is -0.233. The molecule has 2 aromatic heterocycles. The number of hydrogen-bond donors (Lipinski definition) is 0. The van der Waals surface area contributed by atoms with Crippen LogP contribution in [-0.2, 0) is 0 Å². The average Bonchev–Trinajstić information content (AvgIpc) is 3.87. The predicted octanol–water partition coefficient (Wildman–Crippen LogP) is 12.4. The molecule has 5 nitrogen and oxygen atoms in total. The van der Waals surface area contributed by atoms with Crippen molar-refractivity contribution in [3.63, 3.8) is 0 Å². The Morgan fingerprint density at radius 1 is 0.397 bits per heavy atom. The molecule has 0 amide bonds. The Labute approximate surface area is 336 Å². The standard InChI is InChI=1S/C52H34BN3O2/c1-5-17-35(18-6-1)36-19-15-26-40(33-36)56-45-29-16-28-44-49(45)53(48-42-27-13-14-30-46(42)58-52(48)56)51-50(55(44)39-24-11-4-12-25-39)43-34-41(31-32-47(43)57-51)54(37-20-7-2-8-21-37)38-22-9-3-10-23-38/h1-34H. The Morgan fingerprint density at radius 2 is 0.983 bits per heavy atom. The van der Waals surface area contributed by atoms with E-state index in [1.807, 2.05) is 6.07 Å². The molecule has 0 spiro atoms. The number of benzene rings is 8. The number of para-hydroxylation sites is 4. The average molecular weight is 744 g/mol. The minimum Gasteiger partial charge on any atom is -0.468 e. The highest BCUT2D eigenvalue weighted by atomic mass is 16.4. The molecule has 10 aromatic rings. The predicted molar refractivity (Wildman–Crippen MR) is 240 cm³/mol. The fourth-order valence-electron chi connectivity index (χ4n) is 9.18. The van der Waals surface area contributed by atoms with Gasteiger partial charge < -0.3 is 18.6 Å². The lowest BCUT2D eigenvalue weighted by Gasteiger charge is -2.40. The maximum atomic E-state index is 7.21. The van der Waals surface area contributed by atoms with Crippen LogP contribution in [0.3, 0.4) is 0 Å². The number of furan rings is 2. The lowest BCUT2D eigenvalue weighted by atomic mass is 9.35. The minimum absolute atomic E-state index is 0.233. The third-order valence-electron chi connectivity index (χ3n) is 11.6. The summed E-state index contributed by atoms with van der Waals surface area (Å²) >= 11 is 0. The highest BCUT2D eigenvalue weighted by Crippen LogP contribution is 2.49. The van der Waals surface area contributed by atoms with Gasteiger partial charge in [-0.25, -0.2) is 0 Å². The Kier molecular flexibility index (Phi) is 7.26. The summed E-state index contributed by atoms with van der Waals surface area (Å²) in [5.41, 5.74) is 15.7. The zero-order valence-electron chi connectivity index (χ0n) is 31.4. The molecule has 58 heavy (non-hydrogen) atoms. The van der Waals surface area contributed by atoms with E-state index in [9.17, 15) is 0 Å². The van der Waals surface area contributed by atoms with Crippen molar-refractivity contribution in [1.82, 2.24) is 0 Å². The highest BCUT2D eigenvalue weighted by molar-refractivity contribution is 7.01. The van der Waals surface area contributed by atoms with Crippen LogP contribution in [0.1, 0.15) is 0 Å². The van der Waals surface area contributed by atoms with Gasteiger partial charge in [-0.15, -0.1) is 0 Å². The Morgan fingerprint density at radius 3 is 1.72 bits per heavy atom. The maximum Gasteiger partial charge on any atom is 0.302 e. The summed E-state index contributed by atoms with van der Waals surface area (Å²) in [7, 11) is 0. The van der Waals surface area contributed by atoms with Crippen LogP contribution in [0.4, 0.5) is 51.4 Å². The van der Waals surface area contributed by atoms with Crippen molar-refractivity contribution >= 4 is 96.6 Å². The van der Waals surface area contributed by atoms with Gasteiger partial charge in [0, 0.05) is 56.0 Å². The first-order valence-electron chi connectivity index (χ1n) is 19.7. The molecule has 0 N–H and O–H groups in total. The summed E-state index contributed by atoms with van der Waals surface area (Å²) in [6.07, 6.45) is 0. The molecular formula is C52H34BN3O2. The second-order valence-electron chi connectivity index (χ2n) is 14.9. The molecule has 0 bridgehead atoms. The number of hydrogen-bond acceptors (Lipinski definition) is 5. The van der Waals surface area contributed by atoms with Crippen LogP contribution < -0.4 is 31.3 Å². The lowest BCUT2D eigenvalue weighted by Crippen LogP contribution is -2.60. The van der Waals surface area contributed by atoms with Crippen LogP contribution in [0, 0.1) is 0 Å². The monoisotopic (exact) mass is 743 g/mol. The smallest absolute Gasteiger partial charge is 0.302 e. The van der Waals surface area contributed by atoms with Gasteiger partial charge in [0.15, 0.2) is 0 Å². The van der Waals surface area contributed by atoms with E-state index in [0.717, 1.165) is 90.0 Å². The second-order valence-corrected chi connectivity index (χ2v) is 14.9. The van der Waals surface area contributed by atoms with Crippen molar-refractivity contribution < 1.29 is 8.83 Å². The summed E-state index contributed by atoms with van der Waals surface area (Å²) in [6.45, 7) is -0.233. The molecule has 6 heteroatoms. The molecule has 8 aromatic carbocycles. The fraction of sp³-hybridized carbons (Fsp3) is 0. The SMILES string of the molecule is c1ccc(-c2cccc(N3c4cccc5c4B(c4oc6ccc(N(c7ccccc7)c7ccccc7)cc6c4N5c4ccccc4)c4c3oc3ccccc43)c2)cc1. The maximum absolute atomic E-state index is 7.21. The largest absolute Gasteiger partial charge is 0.468 e. The second kappa shape index (κ2) is 12.9. The van der Waals surface area contributed by atoms with Gasteiger partial charge in [-0.05, 0) is 102 Å². The Hall–Kier alpha value is -7.70. The third kappa shape index (κ3) is 4.91. The first-order chi connectivity index (χ1) is 28.8. The summed E-state index contributed by atoms with van der Waals surface area (Å²) in [6, 6.07) is 72.8. The third-order valence-corrected chi connectivity index (χ3v) is 11.6. The van der Waals surface area contributed by atoms with E-state index in [4.69, 9.17) is 8.83 Å². The van der Waals surface area contributed by atoms with Crippen LogP contribution in [0.5, 0.6) is 0 Å². The summed E-state index contributed by atoms with van der Waals surface area (Å²) in [5, 5.41) is 2.11. The van der Waals surface area contributed by atoms with E-state index < -0.39 is 0 Å². The van der Waals surface area contributed by atoms with E-state index >= 15 is 0 Å².